The monoisotopic (exact) mass is 423 g/mol. The molecule has 0 aliphatic heterocycles. The Hall–Kier alpha value is -3.07. The number of methoxy groups -OCH3 is 1. The van der Waals surface area contributed by atoms with E-state index >= 15 is 0 Å². The van der Waals surface area contributed by atoms with Gasteiger partial charge in [0, 0.05) is 0 Å². The minimum atomic E-state index is -4.26. The van der Waals surface area contributed by atoms with E-state index in [1.807, 2.05) is 0 Å². The number of carbonyl (C=O) groups is 1. The zero-order chi connectivity index (χ0) is 21.4. The molecule has 9 heteroatoms. The zero-order valence-electron chi connectivity index (χ0n) is 16.1. The molecule has 0 aliphatic carbocycles. The molecule has 0 heterocycles. The predicted octanol–water partition coefficient (Wildman–Crippen LogP) is 3.16. The fraction of sp³-hybridized carbons (Fsp3) is 0.250. The topological polar surface area (TPSA) is 82.1 Å². The van der Waals surface area contributed by atoms with Crippen LogP contribution in [-0.2, 0) is 19.6 Å². The van der Waals surface area contributed by atoms with Crippen molar-refractivity contribution in [3.63, 3.8) is 0 Å². The molecule has 0 saturated heterocycles. The first-order valence-corrected chi connectivity index (χ1v) is 10.1. The molecule has 0 aromatic heterocycles. The summed E-state index contributed by atoms with van der Waals surface area (Å²) in [5.41, 5.74) is 0.195. The van der Waals surface area contributed by atoms with Crippen molar-refractivity contribution in [2.24, 2.45) is 0 Å². The molecule has 2 rings (SSSR count). The lowest BCUT2D eigenvalue weighted by Crippen LogP contribution is -2.36. The third-order valence-corrected chi connectivity index (χ3v) is 5.55. The molecule has 2 aromatic carbocycles. The summed E-state index contributed by atoms with van der Waals surface area (Å²) >= 11 is 0. The van der Waals surface area contributed by atoms with Crippen LogP contribution in [0.15, 0.2) is 60.0 Å². The minimum absolute atomic E-state index is 0.0930. The van der Waals surface area contributed by atoms with E-state index in [2.05, 4.69) is 6.58 Å². The van der Waals surface area contributed by atoms with Crippen LogP contribution in [0, 0.1) is 5.82 Å². The van der Waals surface area contributed by atoms with Gasteiger partial charge in [0.1, 0.15) is 18.9 Å². The molecule has 156 valence electrons. The van der Waals surface area contributed by atoms with Crippen molar-refractivity contribution in [3.05, 3.63) is 60.9 Å². The van der Waals surface area contributed by atoms with E-state index in [1.165, 1.54) is 31.4 Å². The number of hydrogen-bond donors (Lipinski definition) is 0. The second kappa shape index (κ2) is 9.92. The molecule has 0 radical (unpaired) electrons. The van der Waals surface area contributed by atoms with Crippen LogP contribution in [0.5, 0.6) is 11.5 Å². The van der Waals surface area contributed by atoms with E-state index in [0.29, 0.717) is 5.75 Å². The van der Waals surface area contributed by atoms with Gasteiger partial charge < -0.3 is 14.2 Å². The quantitative estimate of drug-likeness (QED) is 0.431. The number of nitrogens with zero attached hydrogens (tertiary/aromatic N) is 1. The van der Waals surface area contributed by atoms with Crippen molar-refractivity contribution < 1.29 is 31.8 Å². The minimum Gasteiger partial charge on any atom is -0.494 e. The van der Waals surface area contributed by atoms with Crippen LogP contribution in [0.2, 0.25) is 0 Å². The number of esters is 1. The Kier molecular flexibility index (Phi) is 7.60. The summed E-state index contributed by atoms with van der Waals surface area (Å²) in [7, 11) is -2.99. The van der Waals surface area contributed by atoms with Gasteiger partial charge in [-0.05, 0) is 49.4 Å². The number of anilines is 1. The molecule has 0 amide bonds. The molecular formula is C20H22FNO6S. The van der Waals surface area contributed by atoms with Crippen molar-refractivity contribution in [2.75, 3.05) is 31.2 Å². The normalized spacial score (nSPS) is 10.9. The van der Waals surface area contributed by atoms with Gasteiger partial charge in [0.05, 0.1) is 24.3 Å². The lowest BCUT2D eigenvalue weighted by atomic mass is 10.3. The molecule has 0 atom stereocenters. The molecule has 7 nitrogen and oxygen atoms in total. The van der Waals surface area contributed by atoms with Crippen LogP contribution in [0.1, 0.15) is 6.92 Å². The van der Waals surface area contributed by atoms with Crippen molar-refractivity contribution in [2.45, 2.75) is 11.8 Å². The molecule has 0 aliphatic rings. The van der Waals surface area contributed by atoms with Gasteiger partial charge in [-0.15, -0.1) is 0 Å². The molecule has 2 aromatic rings. The summed E-state index contributed by atoms with van der Waals surface area (Å²) in [6, 6.07) is 9.33. The van der Waals surface area contributed by atoms with Crippen molar-refractivity contribution in [1.29, 1.82) is 0 Å². The number of sulfonamides is 1. The highest BCUT2D eigenvalue weighted by atomic mass is 32.2. The Morgan fingerprint density at radius 2 is 1.90 bits per heavy atom. The van der Waals surface area contributed by atoms with Gasteiger partial charge in [-0.1, -0.05) is 12.7 Å². The third kappa shape index (κ3) is 5.47. The first-order chi connectivity index (χ1) is 13.8. The molecule has 0 N–H and O–H groups in total. The predicted molar refractivity (Wildman–Crippen MR) is 106 cm³/mol. The molecule has 0 spiro atoms. The Morgan fingerprint density at radius 3 is 2.45 bits per heavy atom. The highest BCUT2D eigenvalue weighted by Gasteiger charge is 2.28. The zero-order valence-corrected chi connectivity index (χ0v) is 16.9. The number of ether oxygens (including phenoxy) is 3. The van der Waals surface area contributed by atoms with Crippen LogP contribution in [0.25, 0.3) is 0 Å². The average molecular weight is 423 g/mol. The lowest BCUT2D eigenvalue weighted by molar-refractivity contribution is -0.141. The van der Waals surface area contributed by atoms with E-state index < -0.39 is 28.4 Å². The smallest absolute Gasteiger partial charge is 0.326 e. The Balaban J connectivity index is 2.44. The van der Waals surface area contributed by atoms with Crippen molar-refractivity contribution in [1.82, 2.24) is 0 Å². The second-order valence-electron chi connectivity index (χ2n) is 5.71. The number of hydrogen-bond acceptors (Lipinski definition) is 6. The first-order valence-electron chi connectivity index (χ1n) is 8.69. The molecule has 29 heavy (non-hydrogen) atoms. The summed E-state index contributed by atoms with van der Waals surface area (Å²) in [6.45, 7) is 4.98. The summed E-state index contributed by atoms with van der Waals surface area (Å²) in [4.78, 5) is 11.7. The van der Waals surface area contributed by atoms with Gasteiger partial charge in [-0.2, -0.15) is 0 Å². The number of benzene rings is 2. The molecule has 0 saturated carbocycles. The van der Waals surface area contributed by atoms with Crippen LogP contribution >= 0.6 is 0 Å². The van der Waals surface area contributed by atoms with Gasteiger partial charge in [0.25, 0.3) is 10.0 Å². The standard InChI is InChI=1S/C20H22FNO6S/c1-4-12-28-16-8-6-15(7-9-16)22(14-20(23)27-5-2)29(24,25)17-10-11-19(26-3)18(21)13-17/h4,6-11,13H,1,5,12,14H2,2-3H3. The highest BCUT2D eigenvalue weighted by Crippen LogP contribution is 2.28. The van der Waals surface area contributed by atoms with Crippen molar-refractivity contribution >= 4 is 21.7 Å². The van der Waals surface area contributed by atoms with Crippen LogP contribution < -0.4 is 13.8 Å². The summed E-state index contributed by atoms with van der Waals surface area (Å²) in [5, 5.41) is 0. The summed E-state index contributed by atoms with van der Waals surface area (Å²) in [5.74, 6) is -1.17. The molecule has 0 unspecified atom stereocenters. The Labute approximate surface area is 169 Å². The van der Waals surface area contributed by atoms with Gasteiger partial charge >= 0.3 is 5.97 Å². The van der Waals surface area contributed by atoms with Gasteiger partial charge in [0.2, 0.25) is 0 Å². The van der Waals surface area contributed by atoms with Gasteiger partial charge in [0.15, 0.2) is 11.6 Å². The molecular weight excluding hydrogens is 401 g/mol. The Morgan fingerprint density at radius 1 is 1.21 bits per heavy atom. The maximum Gasteiger partial charge on any atom is 0.326 e. The van der Waals surface area contributed by atoms with E-state index in [1.54, 1.807) is 25.1 Å². The summed E-state index contributed by atoms with van der Waals surface area (Å²) in [6.07, 6.45) is 1.57. The molecule has 0 bridgehead atoms. The maximum atomic E-state index is 14.1. The SMILES string of the molecule is C=CCOc1ccc(N(CC(=O)OCC)S(=O)(=O)c2ccc(OC)c(F)c2)cc1. The fourth-order valence-corrected chi connectivity index (χ4v) is 3.86. The fourth-order valence-electron chi connectivity index (χ4n) is 2.44. The maximum absolute atomic E-state index is 14.1. The third-order valence-electron chi connectivity index (χ3n) is 3.78. The van der Waals surface area contributed by atoms with Crippen molar-refractivity contribution in [3.8, 4) is 11.5 Å². The first kappa shape index (κ1) is 22.2. The van der Waals surface area contributed by atoms with Crippen LogP contribution in [0.3, 0.4) is 0 Å². The lowest BCUT2D eigenvalue weighted by Gasteiger charge is -2.24. The van der Waals surface area contributed by atoms with Crippen LogP contribution in [0.4, 0.5) is 10.1 Å². The number of rotatable bonds is 10. The van der Waals surface area contributed by atoms with Gasteiger partial charge in [-0.3, -0.25) is 9.10 Å². The van der Waals surface area contributed by atoms with Crippen LogP contribution in [-0.4, -0.2) is 41.3 Å². The Bertz CT molecular complexity index is 959. The van der Waals surface area contributed by atoms with E-state index in [0.717, 1.165) is 10.4 Å². The number of carbonyl (C=O) groups excluding carboxylic acids is 1. The van der Waals surface area contributed by atoms with Gasteiger partial charge in [-0.25, -0.2) is 12.8 Å². The van der Waals surface area contributed by atoms with E-state index in [-0.39, 0.29) is 29.5 Å². The van der Waals surface area contributed by atoms with E-state index in [4.69, 9.17) is 14.2 Å². The average Bonchev–Trinajstić information content (AvgIpc) is 2.71. The second-order valence-corrected chi connectivity index (χ2v) is 7.57. The largest absolute Gasteiger partial charge is 0.494 e. The van der Waals surface area contributed by atoms with E-state index in [9.17, 15) is 17.6 Å². The highest BCUT2D eigenvalue weighted by molar-refractivity contribution is 7.92. The molecule has 0 fully saturated rings. The summed E-state index contributed by atoms with van der Waals surface area (Å²) < 4.78 is 56.3. The number of halogens is 1.